The van der Waals surface area contributed by atoms with Crippen molar-refractivity contribution < 1.29 is 19.4 Å². The highest BCUT2D eigenvalue weighted by molar-refractivity contribution is 5.76. The van der Waals surface area contributed by atoms with Crippen LogP contribution in [-0.2, 0) is 9.53 Å². The maximum atomic E-state index is 11.3. The fourth-order valence-corrected chi connectivity index (χ4v) is 1.41. The molecule has 0 heterocycles. The second-order valence-electron chi connectivity index (χ2n) is 3.94. The lowest BCUT2D eigenvalue weighted by atomic mass is 10.1. The largest absolute Gasteiger partial charge is 0.480 e. The summed E-state index contributed by atoms with van der Waals surface area (Å²) in [5.41, 5.74) is 5.21. The number of benzene rings is 1. The van der Waals surface area contributed by atoms with Crippen molar-refractivity contribution in [1.29, 1.82) is 0 Å². The van der Waals surface area contributed by atoms with Crippen molar-refractivity contribution in [2.75, 3.05) is 6.61 Å². The van der Waals surface area contributed by atoms with E-state index < -0.39 is 18.1 Å². The third-order valence-electron chi connectivity index (χ3n) is 2.43. The molecule has 104 valence electrons. The van der Waals surface area contributed by atoms with Crippen LogP contribution in [0.2, 0.25) is 0 Å². The van der Waals surface area contributed by atoms with Gasteiger partial charge in [-0.1, -0.05) is 43.7 Å². The second kappa shape index (κ2) is 8.10. The topological polar surface area (TPSA) is 87.7 Å². The van der Waals surface area contributed by atoms with Crippen LogP contribution in [0, 0.1) is 0 Å². The third kappa shape index (κ3) is 5.39. The lowest BCUT2D eigenvalue weighted by Gasteiger charge is -2.15. The fraction of sp³-hybridized carbons (Fsp3) is 0.385. The molecule has 0 radical (unpaired) electrons. The number of hydrogen-bond acceptors (Lipinski definition) is 4. The molecule has 0 aliphatic heterocycles. The average molecular weight is 266 g/mol. The molecule has 0 spiro atoms. The molecule has 0 aromatic heterocycles. The lowest BCUT2D eigenvalue weighted by molar-refractivity contribution is -0.139. The quantitative estimate of drug-likeness (QED) is 0.518. The first-order chi connectivity index (χ1) is 9.15. The molecular weight excluding hydrogens is 248 g/mol. The van der Waals surface area contributed by atoms with E-state index in [-0.39, 0.29) is 0 Å². The van der Waals surface area contributed by atoms with Crippen LogP contribution in [0.3, 0.4) is 0 Å². The molecule has 0 saturated carbocycles. The first-order valence-corrected chi connectivity index (χ1v) is 6.11. The van der Waals surface area contributed by atoms with Crippen molar-refractivity contribution in [3.8, 4) is 0 Å². The normalized spacial score (nSPS) is 11.6. The molecule has 6 heteroatoms. The molecule has 0 aliphatic rings. The number of carboxylic acids is 1. The molecule has 1 aromatic rings. The van der Waals surface area contributed by atoms with Crippen molar-refractivity contribution in [1.82, 2.24) is 10.9 Å². The fourth-order valence-electron chi connectivity index (χ4n) is 1.41. The second-order valence-corrected chi connectivity index (χ2v) is 3.94. The van der Waals surface area contributed by atoms with E-state index in [0.717, 1.165) is 12.8 Å². The van der Waals surface area contributed by atoms with Crippen LogP contribution in [0.4, 0.5) is 4.79 Å². The number of carbonyl (C=O) groups is 2. The predicted octanol–water partition coefficient (Wildman–Crippen LogP) is 1.84. The van der Waals surface area contributed by atoms with Gasteiger partial charge in [0.2, 0.25) is 0 Å². The van der Waals surface area contributed by atoms with Crippen LogP contribution in [0.15, 0.2) is 30.3 Å². The molecule has 3 N–H and O–H groups in total. The van der Waals surface area contributed by atoms with Crippen LogP contribution in [0.25, 0.3) is 0 Å². The van der Waals surface area contributed by atoms with Gasteiger partial charge >= 0.3 is 12.1 Å². The summed E-state index contributed by atoms with van der Waals surface area (Å²) in [7, 11) is 0. The van der Waals surface area contributed by atoms with Gasteiger partial charge in [0.15, 0.2) is 0 Å². The Hall–Kier alpha value is -2.08. The Morgan fingerprint density at radius 2 is 2.00 bits per heavy atom. The first-order valence-electron chi connectivity index (χ1n) is 6.11. The summed E-state index contributed by atoms with van der Waals surface area (Å²) in [5.74, 6) is -1.08. The van der Waals surface area contributed by atoms with Gasteiger partial charge in [-0.05, 0) is 12.0 Å². The number of carbonyl (C=O) groups excluding carboxylic acids is 1. The zero-order valence-corrected chi connectivity index (χ0v) is 10.8. The molecule has 0 aliphatic carbocycles. The van der Waals surface area contributed by atoms with E-state index in [1.54, 1.807) is 30.3 Å². The van der Waals surface area contributed by atoms with Crippen LogP contribution < -0.4 is 10.9 Å². The molecular formula is C13H18N2O4. The number of rotatable bonds is 7. The van der Waals surface area contributed by atoms with Crippen molar-refractivity contribution in [3.63, 3.8) is 0 Å². The van der Waals surface area contributed by atoms with Gasteiger partial charge in [-0.25, -0.2) is 10.2 Å². The molecule has 0 fully saturated rings. The highest BCUT2D eigenvalue weighted by Gasteiger charge is 2.19. The highest BCUT2D eigenvalue weighted by atomic mass is 16.6. The van der Waals surface area contributed by atoms with E-state index >= 15 is 0 Å². The molecule has 1 aromatic carbocycles. The molecule has 1 atom stereocenters. The van der Waals surface area contributed by atoms with Gasteiger partial charge in [0.25, 0.3) is 0 Å². The van der Waals surface area contributed by atoms with Crippen LogP contribution in [0.1, 0.15) is 31.4 Å². The van der Waals surface area contributed by atoms with Gasteiger partial charge < -0.3 is 9.84 Å². The zero-order valence-electron chi connectivity index (χ0n) is 10.8. The van der Waals surface area contributed by atoms with Gasteiger partial charge in [0.1, 0.15) is 6.04 Å². The average Bonchev–Trinajstić information content (AvgIpc) is 2.40. The summed E-state index contributed by atoms with van der Waals surface area (Å²) in [6.07, 6.45) is 1.01. The number of unbranched alkanes of at least 4 members (excludes halogenated alkanes) is 1. The standard InChI is InChI=1S/C13H18N2O4/c1-2-3-9-19-13(18)15-14-11(12(16)17)10-7-5-4-6-8-10/h4-8,11,14H,2-3,9H2,1H3,(H,15,18)(H,16,17). The summed E-state index contributed by atoms with van der Waals surface area (Å²) >= 11 is 0. The van der Waals surface area contributed by atoms with Crippen molar-refractivity contribution in [2.24, 2.45) is 0 Å². The van der Waals surface area contributed by atoms with E-state index in [2.05, 4.69) is 10.9 Å². The summed E-state index contributed by atoms with van der Waals surface area (Å²) in [6.45, 7) is 2.29. The zero-order chi connectivity index (χ0) is 14.1. The smallest absolute Gasteiger partial charge is 0.421 e. The molecule has 0 saturated heterocycles. The van der Waals surface area contributed by atoms with Crippen molar-refractivity contribution in [3.05, 3.63) is 35.9 Å². The minimum atomic E-state index is -1.08. The van der Waals surface area contributed by atoms with Gasteiger partial charge in [-0.15, -0.1) is 0 Å². The molecule has 1 amide bonds. The Morgan fingerprint density at radius 1 is 1.32 bits per heavy atom. The summed E-state index contributed by atoms with van der Waals surface area (Å²) < 4.78 is 4.84. The number of nitrogens with one attached hydrogen (secondary N) is 2. The monoisotopic (exact) mass is 266 g/mol. The minimum Gasteiger partial charge on any atom is -0.480 e. The number of ether oxygens (including phenoxy) is 1. The van der Waals surface area contributed by atoms with E-state index in [9.17, 15) is 9.59 Å². The Kier molecular flexibility index (Phi) is 6.38. The molecule has 6 nitrogen and oxygen atoms in total. The van der Waals surface area contributed by atoms with Gasteiger partial charge in [0, 0.05) is 0 Å². The Labute approximate surface area is 111 Å². The minimum absolute atomic E-state index is 0.313. The van der Waals surface area contributed by atoms with E-state index in [4.69, 9.17) is 9.84 Å². The van der Waals surface area contributed by atoms with Crippen LogP contribution in [0.5, 0.6) is 0 Å². The molecule has 0 bridgehead atoms. The third-order valence-corrected chi connectivity index (χ3v) is 2.43. The van der Waals surface area contributed by atoms with E-state index in [1.807, 2.05) is 6.92 Å². The van der Waals surface area contributed by atoms with Gasteiger partial charge in [-0.3, -0.25) is 10.2 Å². The van der Waals surface area contributed by atoms with E-state index in [0.29, 0.717) is 12.2 Å². The first kappa shape index (κ1) is 15.0. The Morgan fingerprint density at radius 3 is 2.58 bits per heavy atom. The summed E-state index contributed by atoms with van der Waals surface area (Å²) in [5, 5.41) is 9.10. The summed E-state index contributed by atoms with van der Waals surface area (Å²) in [4.78, 5) is 22.4. The number of hydrogen-bond donors (Lipinski definition) is 3. The number of aliphatic carboxylic acids is 1. The Balaban J connectivity index is 2.47. The van der Waals surface area contributed by atoms with E-state index in [1.165, 1.54) is 0 Å². The Bertz CT molecular complexity index is 408. The SMILES string of the molecule is CCCCOC(=O)NNC(C(=O)O)c1ccccc1. The van der Waals surface area contributed by atoms with Crippen molar-refractivity contribution >= 4 is 12.1 Å². The number of hydrazine groups is 1. The lowest BCUT2D eigenvalue weighted by Crippen LogP contribution is -2.43. The van der Waals surface area contributed by atoms with Crippen LogP contribution in [-0.4, -0.2) is 23.8 Å². The summed E-state index contributed by atoms with van der Waals surface area (Å²) in [6, 6.07) is 7.56. The molecule has 19 heavy (non-hydrogen) atoms. The molecule has 1 unspecified atom stereocenters. The maximum absolute atomic E-state index is 11.3. The number of amides is 1. The van der Waals surface area contributed by atoms with Gasteiger partial charge in [0.05, 0.1) is 6.61 Å². The van der Waals surface area contributed by atoms with Crippen LogP contribution >= 0.6 is 0 Å². The maximum Gasteiger partial charge on any atom is 0.421 e. The van der Waals surface area contributed by atoms with Gasteiger partial charge in [-0.2, -0.15) is 0 Å². The number of carboxylic acid groups (broad SMARTS) is 1. The van der Waals surface area contributed by atoms with Crippen molar-refractivity contribution in [2.45, 2.75) is 25.8 Å². The molecule has 1 rings (SSSR count). The highest BCUT2D eigenvalue weighted by Crippen LogP contribution is 2.11. The predicted molar refractivity (Wildman–Crippen MR) is 69.3 cm³/mol.